The van der Waals surface area contributed by atoms with E-state index >= 15 is 4.39 Å². The summed E-state index contributed by atoms with van der Waals surface area (Å²) in [6.45, 7) is 22.3. The van der Waals surface area contributed by atoms with Crippen LogP contribution in [0, 0.1) is 57.6 Å². The number of nitrogens with zero attached hydrogens (tertiary/aromatic N) is 6. The number of thiocyanates is 1. The third-order valence-corrected chi connectivity index (χ3v) is 14.4. The largest absolute Gasteiger partial charge is 0.505 e. The Hall–Kier alpha value is -7.25. The van der Waals surface area contributed by atoms with Crippen LogP contribution in [0.2, 0.25) is 0 Å². The van der Waals surface area contributed by atoms with Crippen LogP contribution in [0.25, 0.3) is 9.69 Å². The minimum absolute atomic E-state index is 0.000331. The number of thioether (sulfide) groups is 1. The summed E-state index contributed by atoms with van der Waals surface area (Å²) in [6, 6.07) is 23.5. The molecule has 3 fully saturated rings. The van der Waals surface area contributed by atoms with Crippen LogP contribution in [0.4, 0.5) is 31.5 Å². The molecule has 18 heteroatoms. The molecule has 0 aromatic heterocycles. The predicted molar refractivity (Wildman–Crippen MR) is 280 cm³/mol. The molecule has 1 heterocycles. The fourth-order valence-electron chi connectivity index (χ4n) is 8.57. The smallest absolute Gasteiger partial charge is 0.305 e. The van der Waals surface area contributed by atoms with Gasteiger partial charge in [0.05, 0.1) is 36.9 Å². The second kappa shape index (κ2) is 23.8. The molecule has 4 aromatic rings. The van der Waals surface area contributed by atoms with E-state index < -0.39 is 22.6 Å². The number of nitriles is 2. The van der Waals surface area contributed by atoms with Crippen LogP contribution in [-0.4, -0.2) is 62.4 Å². The summed E-state index contributed by atoms with van der Waals surface area (Å²) in [6.07, 6.45) is 8.17. The Morgan fingerprint density at radius 1 is 0.806 bits per heavy atom. The van der Waals surface area contributed by atoms with Gasteiger partial charge in [-0.05, 0) is 129 Å². The molecule has 72 heavy (non-hydrogen) atoms. The number of aryl methyl sites for hydroxylation is 2. The highest BCUT2D eigenvalue weighted by molar-refractivity contribution is 8.03. The molecular formula is C54H59F2N9O5S2. The van der Waals surface area contributed by atoms with Crippen molar-refractivity contribution in [3.05, 3.63) is 124 Å². The molecule has 0 unspecified atom stereocenters. The maximum absolute atomic E-state index is 15.4. The SMILES string of the molecule is COc1c(C#N)ccc(SC#N)c1F.[C-]#[N+]C1(Nc2ccc(CCC(C)(C)C(=O)NC)cc2)CCC1.[C-]#[N+]c1ccc(N2C(=O)C3(CCC3)N(c3ccc(CCC(C)(C)C(=O)NC)cc3)C2=S)c(F)c1OC. The summed E-state index contributed by atoms with van der Waals surface area (Å²) in [5.74, 6) is -1.97. The lowest BCUT2D eigenvalue weighted by atomic mass is 9.75. The second-order valence-corrected chi connectivity index (χ2v) is 20.1. The third-order valence-electron chi connectivity index (χ3n) is 13.4. The number of anilines is 3. The van der Waals surface area contributed by atoms with Gasteiger partial charge in [-0.3, -0.25) is 24.1 Å². The summed E-state index contributed by atoms with van der Waals surface area (Å²) < 4.78 is 38.7. The molecule has 1 aliphatic heterocycles. The summed E-state index contributed by atoms with van der Waals surface area (Å²) in [7, 11) is 5.89. The molecule has 7 rings (SSSR count). The van der Waals surface area contributed by atoms with Crippen LogP contribution in [0.1, 0.15) is 95.8 Å². The summed E-state index contributed by atoms with van der Waals surface area (Å²) in [4.78, 5) is 47.8. The Morgan fingerprint density at radius 3 is 1.78 bits per heavy atom. The molecular weight excluding hydrogens is 957 g/mol. The van der Waals surface area contributed by atoms with Crippen molar-refractivity contribution >= 4 is 69.6 Å². The second-order valence-electron chi connectivity index (χ2n) is 18.9. The van der Waals surface area contributed by atoms with E-state index in [1.165, 1.54) is 48.9 Å². The number of carbonyl (C=O) groups is 3. The molecule has 0 bridgehead atoms. The number of benzene rings is 4. The van der Waals surface area contributed by atoms with Crippen LogP contribution >= 0.6 is 24.0 Å². The number of halogens is 2. The minimum atomic E-state index is -0.849. The van der Waals surface area contributed by atoms with Gasteiger partial charge in [0.2, 0.25) is 17.5 Å². The van der Waals surface area contributed by atoms with Crippen LogP contribution < -0.4 is 35.2 Å². The standard InChI is InChI=1S/C27H29FN4O3S.C18H25N3O.C9H5FN2OS/c1-26(2,23(33)30-4)16-13-17-7-9-18(10-8-17)32-25(36)31(24(34)27(32)14-6-15-27)20-12-11-19(29-3)22(35-5)21(20)28;1-17(2,16(22)19-3)13-10-14-6-8-15(9-7-14)21-18(20-4)11-5-12-18;1-13-9-6(4-11)2-3-7(8(9)10)14-5-12/h7-12H,6,13-16H2,1-2,4-5H3,(H,30,33);6-9,21H,5,10-13H2,1-3H3,(H,19,22);2-3H,1H3. The number of hydrogen-bond donors (Lipinski definition) is 3. The van der Waals surface area contributed by atoms with Gasteiger partial charge in [-0.1, -0.05) is 58.0 Å². The Labute approximate surface area is 430 Å². The number of hydrogen-bond acceptors (Lipinski definition) is 10. The zero-order valence-electron chi connectivity index (χ0n) is 41.8. The van der Waals surface area contributed by atoms with Crippen molar-refractivity contribution in [2.45, 2.75) is 108 Å². The van der Waals surface area contributed by atoms with Gasteiger partial charge in [-0.25, -0.2) is 20.2 Å². The first-order valence-corrected chi connectivity index (χ1v) is 24.5. The topological polar surface area (TPSA) is 169 Å². The van der Waals surface area contributed by atoms with Crippen molar-refractivity contribution < 1.29 is 32.6 Å². The monoisotopic (exact) mass is 1020 g/mol. The molecule has 0 radical (unpaired) electrons. The van der Waals surface area contributed by atoms with Gasteiger partial charge < -0.3 is 30.3 Å². The molecule has 3 aliphatic rings. The van der Waals surface area contributed by atoms with Crippen molar-refractivity contribution in [2.75, 3.05) is 43.4 Å². The van der Waals surface area contributed by atoms with Crippen molar-refractivity contribution in [1.29, 1.82) is 10.5 Å². The van der Waals surface area contributed by atoms with Crippen molar-refractivity contribution in [1.82, 2.24) is 10.6 Å². The van der Waals surface area contributed by atoms with Crippen LogP contribution in [0.15, 0.2) is 77.7 Å². The predicted octanol–water partition coefficient (Wildman–Crippen LogP) is 11.0. The lowest BCUT2D eigenvalue weighted by molar-refractivity contribution is -0.129. The fraction of sp³-hybridized carbons (Fsp3) is 0.407. The number of rotatable bonds is 15. The van der Waals surface area contributed by atoms with E-state index in [1.807, 2.05) is 69.0 Å². The van der Waals surface area contributed by atoms with Gasteiger partial charge in [0, 0.05) is 49.1 Å². The highest BCUT2D eigenvalue weighted by Gasteiger charge is 2.60. The molecule has 3 amide bonds. The quantitative estimate of drug-likeness (QED) is 0.0448. The average Bonchev–Trinajstić information content (AvgIpc) is 3.60. The minimum Gasteiger partial charge on any atom is -0.505 e. The fourth-order valence-corrected chi connectivity index (χ4v) is 9.44. The van der Waals surface area contributed by atoms with E-state index in [-0.39, 0.29) is 67.2 Å². The summed E-state index contributed by atoms with van der Waals surface area (Å²) in [5, 5.41) is 27.7. The van der Waals surface area contributed by atoms with Crippen molar-refractivity contribution in [3.63, 3.8) is 0 Å². The first kappa shape index (κ1) is 55.7. The Bertz CT molecular complexity index is 2840. The number of methoxy groups -OCH3 is 2. The van der Waals surface area contributed by atoms with Gasteiger partial charge >= 0.3 is 5.66 Å². The van der Waals surface area contributed by atoms with E-state index in [4.69, 9.17) is 45.4 Å². The van der Waals surface area contributed by atoms with Crippen LogP contribution in [0.5, 0.6) is 11.5 Å². The molecule has 1 spiro atoms. The van der Waals surface area contributed by atoms with Crippen LogP contribution in [-0.2, 0) is 27.2 Å². The first-order valence-electron chi connectivity index (χ1n) is 23.3. The lowest BCUT2D eigenvalue weighted by Crippen LogP contribution is -2.55. The van der Waals surface area contributed by atoms with Gasteiger partial charge in [0.25, 0.3) is 5.91 Å². The molecule has 14 nitrogen and oxygen atoms in total. The first-order chi connectivity index (χ1) is 34.3. The van der Waals surface area contributed by atoms with E-state index in [9.17, 15) is 18.8 Å². The molecule has 3 N–H and O–H groups in total. The van der Waals surface area contributed by atoms with Crippen molar-refractivity contribution in [2.24, 2.45) is 10.8 Å². The summed E-state index contributed by atoms with van der Waals surface area (Å²) in [5.41, 5.74) is 2.11. The van der Waals surface area contributed by atoms with Gasteiger partial charge in [0.15, 0.2) is 28.2 Å². The van der Waals surface area contributed by atoms with E-state index in [0.29, 0.717) is 31.0 Å². The number of thiocarbonyl (C=S) groups is 1. The maximum atomic E-state index is 15.4. The molecule has 376 valence electrons. The van der Waals surface area contributed by atoms with Crippen molar-refractivity contribution in [3.8, 4) is 23.0 Å². The highest BCUT2D eigenvalue weighted by atomic mass is 32.2. The highest BCUT2D eigenvalue weighted by Crippen LogP contribution is 2.49. The normalized spacial score (nSPS) is 15.0. The van der Waals surface area contributed by atoms with Gasteiger partial charge in [-0.15, -0.1) is 0 Å². The molecule has 4 aromatic carbocycles. The number of ether oxygens (including phenoxy) is 2. The van der Waals surface area contributed by atoms with Gasteiger partial charge in [-0.2, -0.15) is 10.5 Å². The average molecular weight is 1020 g/mol. The van der Waals surface area contributed by atoms with E-state index in [0.717, 1.165) is 61.9 Å². The summed E-state index contributed by atoms with van der Waals surface area (Å²) >= 11 is 6.44. The Balaban J connectivity index is 0.000000226. The molecule has 2 aliphatic carbocycles. The molecule has 1 saturated heterocycles. The maximum Gasteiger partial charge on any atom is 0.305 e. The zero-order chi connectivity index (χ0) is 53.0. The third kappa shape index (κ3) is 11.9. The molecule has 2 saturated carbocycles. The Kier molecular flexibility index (Phi) is 18.4. The molecule has 0 atom stereocenters. The zero-order valence-corrected chi connectivity index (χ0v) is 43.4. The number of amides is 3. The van der Waals surface area contributed by atoms with E-state index in [2.05, 4.69) is 37.8 Å². The Morgan fingerprint density at radius 2 is 1.35 bits per heavy atom. The van der Waals surface area contributed by atoms with Gasteiger partial charge in [0.1, 0.15) is 17.0 Å². The van der Waals surface area contributed by atoms with E-state index in [1.54, 1.807) is 25.6 Å². The number of carbonyl (C=O) groups excluding carboxylic acids is 3. The lowest BCUT2D eigenvalue weighted by Gasteiger charge is -2.43. The number of nitrogens with one attached hydrogen (secondary N) is 3. The van der Waals surface area contributed by atoms with Crippen LogP contribution in [0.3, 0.4) is 0 Å².